The van der Waals surface area contributed by atoms with E-state index in [4.69, 9.17) is 0 Å². The summed E-state index contributed by atoms with van der Waals surface area (Å²) in [5.41, 5.74) is 3.45. The SMILES string of the molecule is CCCC(CC)NC(=O)Nc1nnc(SC2=C3C=CC(C)=CC(=NC=C2)C3)s1. The van der Waals surface area contributed by atoms with Crippen LogP contribution in [0.25, 0.3) is 0 Å². The molecule has 0 radical (unpaired) electrons. The number of allylic oxidation sites excluding steroid dienone is 6. The van der Waals surface area contributed by atoms with Gasteiger partial charge in [-0.05, 0) is 43.1 Å². The number of nitrogens with one attached hydrogen (secondary N) is 2. The molecule has 28 heavy (non-hydrogen) atoms. The van der Waals surface area contributed by atoms with Crippen LogP contribution in [-0.4, -0.2) is 28.0 Å². The number of aromatic nitrogens is 2. The minimum Gasteiger partial charge on any atom is -0.335 e. The van der Waals surface area contributed by atoms with Gasteiger partial charge in [-0.1, -0.05) is 55.5 Å². The second-order valence-corrected chi connectivity index (χ2v) is 8.96. The molecule has 2 amide bonds. The van der Waals surface area contributed by atoms with Crippen LogP contribution < -0.4 is 10.6 Å². The summed E-state index contributed by atoms with van der Waals surface area (Å²) in [5, 5.41) is 14.6. The van der Waals surface area contributed by atoms with Crippen molar-refractivity contribution in [2.45, 2.75) is 56.8 Å². The molecular formula is C20H25N5OS2. The van der Waals surface area contributed by atoms with E-state index in [1.54, 1.807) is 11.8 Å². The molecule has 0 saturated heterocycles. The van der Waals surface area contributed by atoms with Gasteiger partial charge < -0.3 is 5.32 Å². The molecule has 8 heteroatoms. The Morgan fingerprint density at radius 1 is 1.29 bits per heavy atom. The Labute approximate surface area is 174 Å². The molecule has 148 valence electrons. The van der Waals surface area contributed by atoms with E-state index < -0.39 is 0 Å². The quantitative estimate of drug-likeness (QED) is 0.580. The van der Waals surface area contributed by atoms with Crippen LogP contribution in [0, 0.1) is 0 Å². The third-order valence-electron chi connectivity index (χ3n) is 4.39. The highest BCUT2D eigenvalue weighted by atomic mass is 32.2. The van der Waals surface area contributed by atoms with Crippen molar-refractivity contribution >= 4 is 40.0 Å². The number of nitrogens with zero attached hydrogens (tertiary/aromatic N) is 3. The molecule has 1 aliphatic carbocycles. The molecule has 0 saturated carbocycles. The molecule has 2 aliphatic rings. The molecule has 2 N–H and O–H groups in total. The van der Waals surface area contributed by atoms with Gasteiger partial charge in [-0.3, -0.25) is 10.3 Å². The van der Waals surface area contributed by atoms with Gasteiger partial charge in [0, 0.05) is 29.3 Å². The first-order valence-corrected chi connectivity index (χ1v) is 11.1. The highest BCUT2D eigenvalue weighted by Gasteiger charge is 2.16. The standard InChI is InChI=1S/C20H25N5OS2/c1-4-6-15(5-2)22-18(26)23-19-24-25-20(28-19)27-17-9-10-21-16-11-13(3)7-8-14(17)12-16/h7-11,15H,4-6,12H2,1-3H3,(H2,22,23,24,26). The Morgan fingerprint density at radius 2 is 2.14 bits per heavy atom. The maximum atomic E-state index is 12.2. The molecule has 0 fully saturated rings. The number of fused-ring (bicyclic) bond motifs is 2. The van der Waals surface area contributed by atoms with Gasteiger partial charge in [0.05, 0.1) is 0 Å². The van der Waals surface area contributed by atoms with Crippen molar-refractivity contribution in [1.82, 2.24) is 15.5 Å². The lowest BCUT2D eigenvalue weighted by molar-refractivity contribution is 0.247. The molecule has 6 nitrogen and oxygen atoms in total. The second kappa shape index (κ2) is 9.84. The predicted octanol–water partition coefficient (Wildman–Crippen LogP) is 5.46. The van der Waals surface area contributed by atoms with Gasteiger partial charge in [0.2, 0.25) is 5.13 Å². The summed E-state index contributed by atoms with van der Waals surface area (Å²) >= 11 is 2.92. The summed E-state index contributed by atoms with van der Waals surface area (Å²) < 4.78 is 0.786. The van der Waals surface area contributed by atoms with Crippen LogP contribution in [0.3, 0.4) is 0 Å². The predicted molar refractivity (Wildman–Crippen MR) is 118 cm³/mol. The maximum Gasteiger partial charge on any atom is 0.321 e. The molecule has 1 atom stereocenters. The Bertz CT molecular complexity index is 879. The third-order valence-corrected chi connectivity index (χ3v) is 6.39. The highest BCUT2D eigenvalue weighted by molar-refractivity contribution is 8.04. The number of carbonyl (C=O) groups excluding carboxylic acids is 1. The highest BCUT2D eigenvalue weighted by Crippen LogP contribution is 2.36. The minimum absolute atomic E-state index is 0.183. The molecule has 0 spiro atoms. The Morgan fingerprint density at radius 3 is 2.93 bits per heavy atom. The molecule has 1 unspecified atom stereocenters. The summed E-state index contributed by atoms with van der Waals surface area (Å²) in [6.45, 7) is 6.26. The van der Waals surface area contributed by atoms with Crippen molar-refractivity contribution in [1.29, 1.82) is 0 Å². The lowest BCUT2D eigenvalue weighted by Crippen LogP contribution is -2.37. The zero-order chi connectivity index (χ0) is 19.9. The first kappa shape index (κ1) is 20.5. The summed E-state index contributed by atoms with van der Waals surface area (Å²) in [7, 11) is 0. The molecule has 2 heterocycles. The number of aliphatic imine (C=N–C) groups is 1. The zero-order valence-electron chi connectivity index (χ0n) is 16.4. The summed E-state index contributed by atoms with van der Waals surface area (Å²) in [6.07, 6.45) is 13.9. The van der Waals surface area contributed by atoms with Crippen molar-refractivity contribution in [2.24, 2.45) is 4.99 Å². The van der Waals surface area contributed by atoms with E-state index in [1.807, 2.05) is 12.3 Å². The van der Waals surface area contributed by atoms with E-state index in [0.717, 1.165) is 40.6 Å². The van der Waals surface area contributed by atoms with Crippen molar-refractivity contribution < 1.29 is 4.79 Å². The summed E-state index contributed by atoms with van der Waals surface area (Å²) in [6, 6.07) is -0.0428. The number of hydrogen-bond donors (Lipinski definition) is 2. The Hall–Kier alpha value is -2.19. The number of amides is 2. The molecular weight excluding hydrogens is 390 g/mol. The van der Waals surface area contributed by atoms with Gasteiger partial charge in [-0.25, -0.2) is 4.79 Å². The van der Waals surface area contributed by atoms with Gasteiger partial charge in [-0.2, -0.15) is 0 Å². The number of rotatable bonds is 7. The lowest BCUT2D eigenvalue weighted by atomic mass is 10.1. The Kier molecular flexibility index (Phi) is 7.22. The van der Waals surface area contributed by atoms with Gasteiger partial charge in [0.25, 0.3) is 0 Å². The number of urea groups is 1. The summed E-state index contributed by atoms with van der Waals surface area (Å²) in [5.74, 6) is 0. The average molecular weight is 416 g/mol. The van der Waals surface area contributed by atoms with Crippen molar-refractivity contribution in [2.75, 3.05) is 5.32 Å². The number of hydrogen-bond acceptors (Lipinski definition) is 6. The fourth-order valence-corrected chi connectivity index (χ4v) is 4.76. The second-order valence-electron chi connectivity index (χ2n) is 6.69. The maximum absolute atomic E-state index is 12.2. The fourth-order valence-electron chi connectivity index (χ4n) is 2.95. The van der Waals surface area contributed by atoms with Crippen molar-refractivity contribution in [3.05, 3.63) is 46.6 Å². The zero-order valence-corrected chi connectivity index (χ0v) is 18.0. The monoisotopic (exact) mass is 415 g/mol. The van der Waals surface area contributed by atoms with Crippen LogP contribution in [0.5, 0.6) is 0 Å². The molecule has 0 aromatic carbocycles. The van der Waals surface area contributed by atoms with Crippen LogP contribution in [0.2, 0.25) is 0 Å². The van der Waals surface area contributed by atoms with Gasteiger partial charge in [0.1, 0.15) is 0 Å². The van der Waals surface area contributed by atoms with E-state index in [1.165, 1.54) is 22.5 Å². The number of thioether (sulfide) groups is 1. The minimum atomic E-state index is -0.226. The first-order valence-electron chi connectivity index (χ1n) is 9.49. The van der Waals surface area contributed by atoms with Gasteiger partial charge in [0.15, 0.2) is 4.34 Å². The van der Waals surface area contributed by atoms with E-state index in [9.17, 15) is 4.79 Å². The lowest BCUT2D eigenvalue weighted by Gasteiger charge is -2.15. The molecule has 2 bridgehead atoms. The molecule has 1 aromatic heterocycles. The fraction of sp³-hybridized carbons (Fsp3) is 0.400. The smallest absolute Gasteiger partial charge is 0.321 e. The third kappa shape index (κ3) is 5.65. The largest absolute Gasteiger partial charge is 0.335 e. The van der Waals surface area contributed by atoms with Crippen molar-refractivity contribution in [3.63, 3.8) is 0 Å². The number of carbonyl (C=O) groups is 1. The molecule has 3 rings (SSSR count). The van der Waals surface area contributed by atoms with Crippen LogP contribution in [0.15, 0.2) is 55.9 Å². The number of anilines is 1. The Balaban J connectivity index is 1.65. The molecule has 1 aromatic rings. The normalized spacial score (nSPS) is 16.8. The molecule has 1 aliphatic heterocycles. The average Bonchev–Trinajstić information content (AvgIpc) is 2.89. The van der Waals surface area contributed by atoms with Crippen LogP contribution in [0.1, 0.15) is 46.5 Å². The van der Waals surface area contributed by atoms with E-state index in [0.29, 0.717) is 5.13 Å². The van der Waals surface area contributed by atoms with Gasteiger partial charge in [-0.15, -0.1) is 10.2 Å². The van der Waals surface area contributed by atoms with Crippen molar-refractivity contribution in [3.8, 4) is 0 Å². The van der Waals surface area contributed by atoms with E-state index in [-0.39, 0.29) is 12.1 Å². The van der Waals surface area contributed by atoms with Gasteiger partial charge >= 0.3 is 6.03 Å². The topological polar surface area (TPSA) is 79.3 Å². The first-order chi connectivity index (χ1) is 13.6. The van der Waals surface area contributed by atoms with E-state index in [2.05, 4.69) is 64.8 Å². The van der Waals surface area contributed by atoms with Crippen LogP contribution in [-0.2, 0) is 0 Å². The summed E-state index contributed by atoms with van der Waals surface area (Å²) in [4.78, 5) is 17.8. The van der Waals surface area contributed by atoms with E-state index >= 15 is 0 Å². The van der Waals surface area contributed by atoms with Crippen LogP contribution in [0.4, 0.5) is 9.93 Å². The van der Waals surface area contributed by atoms with Crippen LogP contribution >= 0.6 is 23.1 Å².